The third-order valence-corrected chi connectivity index (χ3v) is 1.28. The Bertz CT molecular complexity index is 270. The molecule has 1 aromatic heterocycles. The molecule has 1 aromatic rings. The summed E-state index contributed by atoms with van der Waals surface area (Å²) in [6.07, 6.45) is 1.56. The van der Waals surface area contributed by atoms with E-state index in [0.717, 1.165) is 0 Å². The number of amides is 1. The normalized spacial score (nSPS) is 10.1. The lowest BCUT2D eigenvalue weighted by molar-refractivity contribution is -0.123. The van der Waals surface area contributed by atoms with Crippen molar-refractivity contribution in [1.82, 2.24) is 14.8 Å². The zero-order valence-electron chi connectivity index (χ0n) is 6.73. The second-order valence-electron chi connectivity index (χ2n) is 2.32. The number of rotatable bonds is 4. The summed E-state index contributed by atoms with van der Waals surface area (Å²) >= 11 is 0. The highest BCUT2D eigenvalue weighted by atomic mass is 16.5. The zero-order valence-corrected chi connectivity index (χ0v) is 6.73. The van der Waals surface area contributed by atoms with E-state index >= 15 is 0 Å². The van der Waals surface area contributed by atoms with Crippen molar-refractivity contribution in [3.63, 3.8) is 0 Å². The lowest BCUT2D eigenvalue weighted by Gasteiger charge is -1.99. The number of hydrogen-bond acceptors (Lipinski definition) is 4. The van der Waals surface area contributed by atoms with Crippen molar-refractivity contribution in [3.05, 3.63) is 12.2 Å². The number of aryl methyl sites for hydroxylation is 1. The smallest absolute Gasteiger partial charge is 0.243 e. The van der Waals surface area contributed by atoms with Crippen molar-refractivity contribution >= 4 is 5.91 Å². The van der Waals surface area contributed by atoms with Gasteiger partial charge in [-0.3, -0.25) is 4.79 Å². The Morgan fingerprint density at radius 3 is 3.08 bits per heavy atom. The molecule has 6 heteroatoms. The highest BCUT2D eigenvalue weighted by Crippen LogP contribution is 1.93. The third kappa shape index (κ3) is 2.31. The van der Waals surface area contributed by atoms with E-state index in [2.05, 4.69) is 10.2 Å². The molecule has 0 fully saturated rings. The van der Waals surface area contributed by atoms with Crippen LogP contribution in [-0.4, -0.2) is 27.3 Å². The fourth-order valence-electron chi connectivity index (χ4n) is 0.681. The van der Waals surface area contributed by atoms with Crippen LogP contribution in [0, 0.1) is 0 Å². The summed E-state index contributed by atoms with van der Waals surface area (Å²) < 4.78 is 6.63. The molecule has 0 bridgehead atoms. The van der Waals surface area contributed by atoms with Crippen LogP contribution in [0.25, 0.3) is 0 Å². The van der Waals surface area contributed by atoms with Gasteiger partial charge in [0.25, 0.3) is 0 Å². The number of nitrogens with two attached hydrogens (primary N) is 1. The molecule has 1 heterocycles. The van der Waals surface area contributed by atoms with Crippen molar-refractivity contribution < 1.29 is 9.53 Å². The molecule has 12 heavy (non-hydrogen) atoms. The topological polar surface area (TPSA) is 83.0 Å². The van der Waals surface area contributed by atoms with E-state index in [9.17, 15) is 4.79 Å². The van der Waals surface area contributed by atoms with E-state index in [0.29, 0.717) is 5.82 Å². The van der Waals surface area contributed by atoms with E-state index in [-0.39, 0.29) is 13.2 Å². The average molecular weight is 170 g/mol. The first-order valence-electron chi connectivity index (χ1n) is 3.39. The molecule has 6 nitrogen and oxygen atoms in total. The van der Waals surface area contributed by atoms with Gasteiger partial charge in [0.05, 0.1) is 0 Å². The maximum absolute atomic E-state index is 10.3. The standard InChI is InChI=1S/C6H10N4O2/c1-10-4-8-9-6(10)3-12-2-5(7)11/h4H,2-3H2,1H3,(H2,7,11). The number of aromatic nitrogens is 3. The van der Waals surface area contributed by atoms with Crippen LogP contribution in [0.4, 0.5) is 0 Å². The Balaban J connectivity index is 2.33. The van der Waals surface area contributed by atoms with Gasteiger partial charge in [-0.15, -0.1) is 10.2 Å². The summed E-state index contributed by atoms with van der Waals surface area (Å²) in [5.74, 6) is 0.174. The molecule has 0 aromatic carbocycles. The molecule has 0 aliphatic heterocycles. The molecular weight excluding hydrogens is 160 g/mol. The number of hydrogen-bond donors (Lipinski definition) is 1. The Morgan fingerprint density at radius 1 is 1.83 bits per heavy atom. The first kappa shape index (κ1) is 8.66. The lowest BCUT2D eigenvalue weighted by Crippen LogP contribution is -2.18. The van der Waals surface area contributed by atoms with Crippen LogP contribution in [0.15, 0.2) is 6.33 Å². The summed E-state index contributed by atoms with van der Waals surface area (Å²) in [4.78, 5) is 10.3. The third-order valence-electron chi connectivity index (χ3n) is 1.28. The van der Waals surface area contributed by atoms with Crippen molar-refractivity contribution in [3.8, 4) is 0 Å². The highest BCUT2D eigenvalue weighted by molar-refractivity contribution is 5.74. The fourth-order valence-corrected chi connectivity index (χ4v) is 0.681. The predicted octanol–water partition coefficient (Wildman–Crippen LogP) is -1.18. The largest absolute Gasteiger partial charge is 0.368 e. The maximum atomic E-state index is 10.3. The molecular formula is C6H10N4O2. The van der Waals surface area contributed by atoms with Crippen LogP contribution >= 0.6 is 0 Å². The molecule has 0 aliphatic carbocycles. The molecule has 0 spiro atoms. The second-order valence-corrected chi connectivity index (χ2v) is 2.32. The lowest BCUT2D eigenvalue weighted by atomic mass is 10.6. The minimum absolute atomic E-state index is 0.0904. The molecule has 0 radical (unpaired) electrons. The molecule has 66 valence electrons. The summed E-state index contributed by atoms with van der Waals surface area (Å²) in [7, 11) is 1.79. The number of ether oxygens (including phenoxy) is 1. The van der Waals surface area contributed by atoms with Crippen LogP contribution in [0.3, 0.4) is 0 Å². The van der Waals surface area contributed by atoms with Crippen LogP contribution in [0.2, 0.25) is 0 Å². The number of carbonyl (C=O) groups excluding carboxylic acids is 1. The summed E-state index contributed by atoms with van der Waals surface area (Å²) in [5, 5.41) is 7.38. The highest BCUT2D eigenvalue weighted by Gasteiger charge is 2.00. The molecule has 1 rings (SSSR count). The Labute approximate surface area is 69.3 Å². The first-order chi connectivity index (χ1) is 5.70. The van der Waals surface area contributed by atoms with E-state index in [1.165, 1.54) is 0 Å². The van der Waals surface area contributed by atoms with Crippen LogP contribution < -0.4 is 5.73 Å². The van der Waals surface area contributed by atoms with Crippen molar-refractivity contribution in [2.24, 2.45) is 12.8 Å². The van der Waals surface area contributed by atoms with E-state index in [1.807, 2.05) is 0 Å². The first-order valence-corrected chi connectivity index (χ1v) is 3.39. The number of primary amides is 1. The van der Waals surface area contributed by atoms with Crippen LogP contribution in [-0.2, 0) is 23.2 Å². The molecule has 0 aliphatic rings. The SMILES string of the molecule is Cn1cnnc1COCC(N)=O. The average Bonchev–Trinajstić information content (AvgIpc) is 2.36. The van der Waals surface area contributed by atoms with Gasteiger partial charge in [-0.1, -0.05) is 0 Å². The predicted molar refractivity (Wildman–Crippen MR) is 39.9 cm³/mol. The Kier molecular flexibility index (Phi) is 2.76. The van der Waals surface area contributed by atoms with Gasteiger partial charge in [0.2, 0.25) is 5.91 Å². The Hall–Kier alpha value is -1.43. The van der Waals surface area contributed by atoms with Gasteiger partial charge in [0, 0.05) is 7.05 Å². The maximum Gasteiger partial charge on any atom is 0.243 e. The molecule has 0 saturated heterocycles. The minimum atomic E-state index is -0.489. The van der Waals surface area contributed by atoms with Gasteiger partial charge < -0.3 is 15.0 Å². The zero-order chi connectivity index (χ0) is 8.97. The second kappa shape index (κ2) is 3.82. The van der Waals surface area contributed by atoms with Gasteiger partial charge in [-0.05, 0) is 0 Å². The van der Waals surface area contributed by atoms with E-state index in [1.54, 1.807) is 17.9 Å². The van der Waals surface area contributed by atoms with Crippen LogP contribution in [0.5, 0.6) is 0 Å². The monoisotopic (exact) mass is 170 g/mol. The molecule has 2 N–H and O–H groups in total. The van der Waals surface area contributed by atoms with E-state index < -0.39 is 5.91 Å². The summed E-state index contributed by atoms with van der Waals surface area (Å²) in [5.41, 5.74) is 4.86. The molecule has 0 saturated carbocycles. The Morgan fingerprint density at radius 2 is 2.58 bits per heavy atom. The van der Waals surface area contributed by atoms with Gasteiger partial charge in [0.15, 0.2) is 5.82 Å². The minimum Gasteiger partial charge on any atom is -0.368 e. The summed E-state index contributed by atoms with van der Waals surface area (Å²) in [6, 6.07) is 0. The quantitative estimate of drug-likeness (QED) is 0.616. The molecule has 0 unspecified atom stereocenters. The number of nitrogens with zero attached hydrogens (tertiary/aromatic N) is 3. The number of carbonyl (C=O) groups is 1. The van der Waals surface area contributed by atoms with Crippen molar-refractivity contribution in [2.75, 3.05) is 6.61 Å². The van der Waals surface area contributed by atoms with Gasteiger partial charge in [-0.2, -0.15) is 0 Å². The van der Waals surface area contributed by atoms with Crippen LogP contribution in [0.1, 0.15) is 5.82 Å². The van der Waals surface area contributed by atoms with Crippen molar-refractivity contribution in [2.45, 2.75) is 6.61 Å². The summed E-state index contributed by atoms with van der Waals surface area (Å²) in [6.45, 7) is 0.159. The molecule has 0 atom stereocenters. The van der Waals surface area contributed by atoms with Gasteiger partial charge in [-0.25, -0.2) is 0 Å². The van der Waals surface area contributed by atoms with Gasteiger partial charge in [0.1, 0.15) is 19.5 Å². The van der Waals surface area contributed by atoms with Crippen molar-refractivity contribution in [1.29, 1.82) is 0 Å². The van der Waals surface area contributed by atoms with Gasteiger partial charge >= 0.3 is 0 Å². The fraction of sp³-hybridized carbons (Fsp3) is 0.500. The van der Waals surface area contributed by atoms with E-state index in [4.69, 9.17) is 10.5 Å². The molecule has 1 amide bonds.